The summed E-state index contributed by atoms with van der Waals surface area (Å²) in [5.41, 5.74) is 2.56. The standard InChI is InChI=1S/C15H12ClNO2S/c16-12-4-6-13(7-5-12)20-15-9-11-3-1-2-10(11)8-14(15)17(18)19/h4-9H,1-3H2. The summed E-state index contributed by atoms with van der Waals surface area (Å²) in [6.07, 6.45) is 3.05. The van der Waals surface area contributed by atoms with Crippen molar-refractivity contribution in [3.8, 4) is 0 Å². The molecule has 1 aliphatic rings. The summed E-state index contributed by atoms with van der Waals surface area (Å²) in [5, 5.41) is 11.9. The Morgan fingerprint density at radius 1 is 1.10 bits per heavy atom. The maximum Gasteiger partial charge on any atom is 0.283 e. The van der Waals surface area contributed by atoms with Gasteiger partial charge < -0.3 is 0 Å². The summed E-state index contributed by atoms with van der Waals surface area (Å²) in [6, 6.07) is 11.1. The Morgan fingerprint density at radius 2 is 1.75 bits per heavy atom. The number of fused-ring (bicyclic) bond motifs is 1. The van der Waals surface area contributed by atoms with Gasteiger partial charge in [0.1, 0.15) is 0 Å². The van der Waals surface area contributed by atoms with Crippen LogP contribution in [0.4, 0.5) is 5.69 Å². The molecule has 0 aliphatic heterocycles. The second kappa shape index (κ2) is 5.46. The number of nitro groups is 1. The van der Waals surface area contributed by atoms with Crippen LogP contribution in [0.3, 0.4) is 0 Å². The van der Waals surface area contributed by atoms with Gasteiger partial charge in [0.2, 0.25) is 0 Å². The number of hydrogen-bond acceptors (Lipinski definition) is 3. The summed E-state index contributed by atoms with van der Waals surface area (Å²) < 4.78 is 0. The van der Waals surface area contributed by atoms with Crippen LogP contribution in [0.2, 0.25) is 5.02 Å². The monoisotopic (exact) mass is 305 g/mol. The Bertz CT molecular complexity index is 670. The van der Waals surface area contributed by atoms with Crippen molar-refractivity contribution < 1.29 is 4.92 Å². The van der Waals surface area contributed by atoms with Gasteiger partial charge in [-0.3, -0.25) is 10.1 Å². The van der Waals surface area contributed by atoms with E-state index in [9.17, 15) is 10.1 Å². The van der Waals surface area contributed by atoms with Crippen LogP contribution in [0.25, 0.3) is 0 Å². The van der Waals surface area contributed by atoms with Crippen molar-refractivity contribution in [2.24, 2.45) is 0 Å². The molecule has 0 spiro atoms. The molecular weight excluding hydrogens is 294 g/mol. The zero-order valence-corrected chi connectivity index (χ0v) is 12.2. The third-order valence-corrected chi connectivity index (χ3v) is 4.72. The highest BCUT2D eigenvalue weighted by atomic mass is 35.5. The predicted molar refractivity (Wildman–Crippen MR) is 80.7 cm³/mol. The molecule has 2 aromatic rings. The minimum Gasteiger partial charge on any atom is -0.258 e. The first kappa shape index (κ1) is 13.5. The number of halogens is 1. The quantitative estimate of drug-likeness (QED) is 0.599. The van der Waals surface area contributed by atoms with Gasteiger partial charge in [-0.25, -0.2) is 0 Å². The number of hydrogen-bond donors (Lipinski definition) is 0. The van der Waals surface area contributed by atoms with Crippen molar-refractivity contribution >= 4 is 29.1 Å². The highest BCUT2D eigenvalue weighted by Gasteiger charge is 2.21. The van der Waals surface area contributed by atoms with E-state index in [-0.39, 0.29) is 10.6 Å². The fraction of sp³-hybridized carbons (Fsp3) is 0.200. The zero-order valence-electron chi connectivity index (χ0n) is 10.6. The smallest absolute Gasteiger partial charge is 0.258 e. The van der Waals surface area contributed by atoms with Gasteiger partial charge in [0, 0.05) is 16.0 Å². The molecule has 0 N–H and O–H groups in total. The largest absolute Gasteiger partial charge is 0.283 e. The molecular formula is C15H12ClNO2S. The summed E-state index contributed by atoms with van der Waals surface area (Å²) in [5.74, 6) is 0. The molecule has 20 heavy (non-hydrogen) atoms. The molecule has 0 saturated heterocycles. The number of nitrogens with zero attached hydrogens (tertiary/aromatic N) is 1. The van der Waals surface area contributed by atoms with Crippen LogP contribution in [0.5, 0.6) is 0 Å². The van der Waals surface area contributed by atoms with E-state index < -0.39 is 0 Å². The molecule has 0 fully saturated rings. The summed E-state index contributed by atoms with van der Waals surface area (Å²) in [7, 11) is 0. The van der Waals surface area contributed by atoms with Crippen molar-refractivity contribution in [2.45, 2.75) is 29.1 Å². The topological polar surface area (TPSA) is 43.1 Å². The lowest BCUT2D eigenvalue weighted by Crippen LogP contribution is -1.94. The number of rotatable bonds is 3. The average Bonchev–Trinajstić information content (AvgIpc) is 2.87. The average molecular weight is 306 g/mol. The van der Waals surface area contributed by atoms with E-state index >= 15 is 0 Å². The minimum absolute atomic E-state index is 0.200. The van der Waals surface area contributed by atoms with Crippen LogP contribution in [0.15, 0.2) is 46.2 Å². The summed E-state index contributed by atoms with van der Waals surface area (Å²) in [6.45, 7) is 0. The molecule has 0 unspecified atom stereocenters. The van der Waals surface area contributed by atoms with Crippen LogP contribution in [0.1, 0.15) is 17.5 Å². The van der Waals surface area contributed by atoms with Crippen LogP contribution in [0, 0.1) is 10.1 Å². The Kier molecular flexibility index (Phi) is 3.68. The SMILES string of the molecule is O=[N+]([O-])c1cc2c(cc1Sc1ccc(Cl)cc1)CCC2. The second-order valence-electron chi connectivity index (χ2n) is 4.76. The molecule has 3 nitrogen and oxygen atoms in total. The Hall–Kier alpha value is -1.52. The zero-order chi connectivity index (χ0) is 14.1. The lowest BCUT2D eigenvalue weighted by Gasteiger charge is -2.06. The van der Waals surface area contributed by atoms with Gasteiger partial charge in [-0.15, -0.1) is 0 Å². The highest BCUT2D eigenvalue weighted by molar-refractivity contribution is 7.99. The molecule has 0 saturated carbocycles. The number of nitro benzene ring substituents is 1. The first-order valence-corrected chi connectivity index (χ1v) is 7.56. The molecule has 1 aliphatic carbocycles. The third-order valence-electron chi connectivity index (χ3n) is 3.41. The predicted octanol–water partition coefficient (Wildman–Crippen LogP) is 4.89. The molecule has 102 valence electrons. The molecule has 2 aromatic carbocycles. The number of benzene rings is 2. The molecule has 5 heteroatoms. The van der Waals surface area contributed by atoms with Gasteiger partial charge in [0.25, 0.3) is 5.69 Å². The third kappa shape index (κ3) is 2.67. The lowest BCUT2D eigenvalue weighted by molar-refractivity contribution is -0.387. The van der Waals surface area contributed by atoms with E-state index in [1.54, 1.807) is 18.2 Å². The van der Waals surface area contributed by atoms with Crippen LogP contribution < -0.4 is 0 Å². The summed E-state index contributed by atoms with van der Waals surface area (Å²) >= 11 is 7.27. The van der Waals surface area contributed by atoms with Crippen LogP contribution in [-0.2, 0) is 12.8 Å². The number of aryl methyl sites for hydroxylation is 2. The molecule has 0 amide bonds. The molecule has 0 bridgehead atoms. The van der Waals surface area contributed by atoms with E-state index in [4.69, 9.17) is 11.6 Å². The van der Waals surface area contributed by atoms with Crippen molar-refractivity contribution in [1.82, 2.24) is 0 Å². The van der Waals surface area contributed by atoms with Gasteiger partial charge in [-0.2, -0.15) is 0 Å². The maximum absolute atomic E-state index is 11.2. The van der Waals surface area contributed by atoms with Gasteiger partial charge in [0.15, 0.2) is 0 Å². The lowest BCUT2D eigenvalue weighted by atomic mass is 10.1. The molecule has 0 atom stereocenters. The Morgan fingerprint density at radius 3 is 2.40 bits per heavy atom. The van der Waals surface area contributed by atoms with Crippen LogP contribution >= 0.6 is 23.4 Å². The highest BCUT2D eigenvalue weighted by Crippen LogP contribution is 2.39. The molecule has 0 aromatic heterocycles. The molecule has 3 rings (SSSR count). The second-order valence-corrected chi connectivity index (χ2v) is 6.31. The Labute approximate surface area is 126 Å². The molecule has 0 radical (unpaired) electrons. The van der Waals surface area contributed by atoms with Crippen molar-refractivity contribution in [2.75, 3.05) is 0 Å². The van der Waals surface area contributed by atoms with E-state index in [0.717, 1.165) is 29.7 Å². The van der Waals surface area contributed by atoms with Gasteiger partial charge in [-0.05, 0) is 60.7 Å². The first-order chi connectivity index (χ1) is 9.63. The van der Waals surface area contributed by atoms with Crippen molar-refractivity contribution in [3.05, 3.63) is 62.7 Å². The van der Waals surface area contributed by atoms with Gasteiger partial charge in [0.05, 0.1) is 9.82 Å². The van der Waals surface area contributed by atoms with Crippen molar-refractivity contribution in [3.63, 3.8) is 0 Å². The van der Waals surface area contributed by atoms with Crippen molar-refractivity contribution in [1.29, 1.82) is 0 Å². The molecule has 0 heterocycles. The van der Waals surface area contributed by atoms with Gasteiger partial charge in [-0.1, -0.05) is 23.4 Å². The van der Waals surface area contributed by atoms with E-state index in [1.807, 2.05) is 18.2 Å². The fourth-order valence-corrected chi connectivity index (χ4v) is 3.53. The van der Waals surface area contributed by atoms with E-state index in [0.29, 0.717) is 9.92 Å². The summed E-state index contributed by atoms with van der Waals surface area (Å²) in [4.78, 5) is 12.6. The van der Waals surface area contributed by atoms with E-state index in [2.05, 4.69) is 0 Å². The van der Waals surface area contributed by atoms with E-state index in [1.165, 1.54) is 17.3 Å². The van der Waals surface area contributed by atoms with Crippen LogP contribution in [-0.4, -0.2) is 4.92 Å². The minimum atomic E-state index is -0.295. The normalized spacial score (nSPS) is 13.2. The first-order valence-electron chi connectivity index (χ1n) is 6.37. The van der Waals surface area contributed by atoms with Gasteiger partial charge >= 0.3 is 0 Å². The Balaban J connectivity index is 1.99. The maximum atomic E-state index is 11.2. The fourth-order valence-electron chi connectivity index (χ4n) is 2.44.